The summed E-state index contributed by atoms with van der Waals surface area (Å²) in [5.74, 6) is -5.10. The summed E-state index contributed by atoms with van der Waals surface area (Å²) in [7, 11) is 0. The zero-order chi connectivity index (χ0) is 26.2. The summed E-state index contributed by atoms with van der Waals surface area (Å²) in [4.78, 5) is 44.9. The topological polar surface area (TPSA) is 209 Å². The summed E-state index contributed by atoms with van der Waals surface area (Å²) >= 11 is 0. The van der Waals surface area contributed by atoms with Gasteiger partial charge in [0.15, 0.2) is 29.1 Å². The fourth-order valence-electron chi connectivity index (χ4n) is 3.03. The summed E-state index contributed by atoms with van der Waals surface area (Å²) in [5.41, 5.74) is 14.8. The Morgan fingerprint density at radius 1 is 1.06 bits per heavy atom. The van der Waals surface area contributed by atoms with Crippen molar-refractivity contribution >= 4 is 29.4 Å². The summed E-state index contributed by atoms with van der Waals surface area (Å²) in [6.45, 7) is 0.176. The molecule has 0 aliphatic carbocycles. The summed E-state index contributed by atoms with van der Waals surface area (Å²) in [6, 6.07) is 2.89. The van der Waals surface area contributed by atoms with E-state index >= 15 is 0 Å². The molecule has 36 heavy (non-hydrogen) atoms. The molecule has 1 atom stereocenters. The number of amides is 3. The van der Waals surface area contributed by atoms with Crippen LogP contribution in [0.25, 0.3) is 5.82 Å². The number of imidazole rings is 1. The van der Waals surface area contributed by atoms with Crippen LogP contribution < -0.4 is 27.8 Å². The Kier molecular flexibility index (Phi) is 8.17. The Balaban J connectivity index is 1.77. The lowest BCUT2D eigenvalue weighted by molar-refractivity contribution is -0.120. The van der Waals surface area contributed by atoms with Crippen molar-refractivity contribution in [2.45, 2.75) is 18.9 Å². The smallest absolute Gasteiger partial charge is 0.276 e. The Morgan fingerprint density at radius 2 is 1.81 bits per heavy atom. The molecule has 1 aromatic carbocycles. The number of primary amides is 1. The van der Waals surface area contributed by atoms with Gasteiger partial charge in [0.2, 0.25) is 5.91 Å². The van der Waals surface area contributed by atoms with E-state index in [-0.39, 0.29) is 30.3 Å². The van der Waals surface area contributed by atoms with Gasteiger partial charge in [-0.2, -0.15) is 0 Å². The number of carbonyl (C=O) groups excluding carboxylic acids is 3. The van der Waals surface area contributed by atoms with Crippen LogP contribution >= 0.6 is 0 Å². The van der Waals surface area contributed by atoms with Crippen molar-refractivity contribution in [3.8, 4) is 5.82 Å². The van der Waals surface area contributed by atoms with Crippen LogP contribution in [0.2, 0.25) is 0 Å². The van der Waals surface area contributed by atoms with Crippen molar-refractivity contribution in [1.82, 2.24) is 25.1 Å². The van der Waals surface area contributed by atoms with E-state index in [1.165, 1.54) is 24.7 Å². The van der Waals surface area contributed by atoms with Crippen LogP contribution in [0.5, 0.6) is 0 Å². The molecule has 3 aromatic rings. The SMILES string of the molecule is NC(=O)[C@H](CCCN=C(N)N)NC(=O)c1cc(F)c(F)cc1NC(=O)c1ccc(-n2ccnc2)nn1. The lowest BCUT2D eigenvalue weighted by Gasteiger charge is -2.17. The van der Waals surface area contributed by atoms with Crippen LogP contribution in [0.1, 0.15) is 33.7 Å². The van der Waals surface area contributed by atoms with Gasteiger partial charge < -0.3 is 27.8 Å². The van der Waals surface area contributed by atoms with Crippen molar-refractivity contribution in [2.75, 3.05) is 11.9 Å². The normalized spacial score (nSPS) is 11.4. The fraction of sp³-hybridized carbons (Fsp3) is 0.190. The number of hydrogen-bond acceptors (Lipinski definition) is 7. The molecule has 0 aliphatic rings. The number of carbonyl (C=O) groups is 3. The second-order valence-electron chi connectivity index (χ2n) is 7.39. The average Bonchev–Trinajstić information content (AvgIpc) is 3.38. The molecule has 15 heteroatoms. The van der Waals surface area contributed by atoms with E-state index in [4.69, 9.17) is 17.2 Å². The maximum absolute atomic E-state index is 14.0. The molecule has 2 aromatic heterocycles. The van der Waals surface area contributed by atoms with Crippen LogP contribution in [0.15, 0.2) is 48.0 Å². The number of guanidine groups is 1. The molecule has 13 nitrogen and oxygen atoms in total. The molecule has 0 spiro atoms. The minimum Gasteiger partial charge on any atom is -0.370 e. The molecule has 0 radical (unpaired) electrons. The lowest BCUT2D eigenvalue weighted by atomic mass is 10.1. The van der Waals surface area contributed by atoms with E-state index in [0.717, 1.165) is 0 Å². The lowest BCUT2D eigenvalue weighted by Crippen LogP contribution is -2.44. The third kappa shape index (κ3) is 6.55. The molecule has 0 saturated carbocycles. The zero-order valence-corrected chi connectivity index (χ0v) is 18.7. The Labute approximate surface area is 202 Å². The van der Waals surface area contributed by atoms with Gasteiger partial charge in [-0.25, -0.2) is 13.8 Å². The highest BCUT2D eigenvalue weighted by Crippen LogP contribution is 2.21. The van der Waals surface area contributed by atoms with Gasteiger partial charge >= 0.3 is 0 Å². The highest BCUT2D eigenvalue weighted by atomic mass is 19.2. The number of rotatable bonds is 10. The van der Waals surface area contributed by atoms with Gasteiger partial charge in [0.05, 0.1) is 11.3 Å². The predicted molar refractivity (Wildman–Crippen MR) is 124 cm³/mol. The second kappa shape index (κ2) is 11.5. The van der Waals surface area contributed by atoms with Gasteiger partial charge in [-0.3, -0.25) is 23.9 Å². The number of benzene rings is 1. The molecular formula is C21H22F2N10O3. The minimum absolute atomic E-state index is 0.0715. The highest BCUT2D eigenvalue weighted by Gasteiger charge is 2.23. The fourth-order valence-corrected chi connectivity index (χ4v) is 3.03. The van der Waals surface area contributed by atoms with E-state index in [9.17, 15) is 23.2 Å². The van der Waals surface area contributed by atoms with Crippen LogP contribution in [0.3, 0.4) is 0 Å². The molecule has 3 amide bonds. The summed E-state index contributed by atoms with van der Waals surface area (Å²) in [5, 5.41) is 12.4. The largest absolute Gasteiger partial charge is 0.370 e. The van der Waals surface area contributed by atoms with Gasteiger partial charge in [0.1, 0.15) is 12.4 Å². The molecule has 0 unspecified atom stereocenters. The van der Waals surface area contributed by atoms with E-state index < -0.39 is 41.0 Å². The summed E-state index contributed by atoms with van der Waals surface area (Å²) in [6.07, 6.45) is 5.00. The van der Waals surface area contributed by atoms with Crippen LogP contribution in [0.4, 0.5) is 14.5 Å². The number of hydrogen-bond donors (Lipinski definition) is 5. The molecule has 2 heterocycles. The molecule has 8 N–H and O–H groups in total. The number of anilines is 1. The molecule has 0 bridgehead atoms. The summed E-state index contributed by atoms with van der Waals surface area (Å²) < 4.78 is 29.5. The highest BCUT2D eigenvalue weighted by molar-refractivity contribution is 6.08. The van der Waals surface area contributed by atoms with Crippen molar-refractivity contribution < 1.29 is 23.2 Å². The maximum Gasteiger partial charge on any atom is 0.276 e. The van der Waals surface area contributed by atoms with E-state index in [0.29, 0.717) is 24.4 Å². The van der Waals surface area contributed by atoms with Crippen LogP contribution in [-0.2, 0) is 4.79 Å². The third-order valence-corrected chi connectivity index (χ3v) is 4.80. The third-order valence-electron chi connectivity index (χ3n) is 4.80. The van der Waals surface area contributed by atoms with Crippen molar-refractivity contribution in [1.29, 1.82) is 0 Å². The number of nitrogens with one attached hydrogen (secondary N) is 2. The molecular weight excluding hydrogens is 478 g/mol. The zero-order valence-electron chi connectivity index (χ0n) is 18.7. The average molecular weight is 500 g/mol. The Morgan fingerprint density at radius 3 is 2.42 bits per heavy atom. The maximum atomic E-state index is 14.0. The van der Waals surface area contributed by atoms with E-state index in [1.807, 2.05) is 0 Å². The predicted octanol–water partition coefficient (Wildman–Crippen LogP) is -0.170. The van der Waals surface area contributed by atoms with Crippen LogP contribution in [-0.4, -0.2) is 56.0 Å². The second-order valence-corrected chi connectivity index (χ2v) is 7.39. The number of aliphatic imine (C=N–C) groups is 1. The number of halogens is 2. The van der Waals surface area contributed by atoms with Gasteiger partial charge in [0.25, 0.3) is 11.8 Å². The van der Waals surface area contributed by atoms with Crippen molar-refractivity contribution in [3.63, 3.8) is 0 Å². The number of nitrogens with two attached hydrogens (primary N) is 3. The first kappa shape index (κ1) is 25.7. The Hall–Kier alpha value is -4.95. The number of aromatic nitrogens is 4. The van der Waals surface area contributed by atoms with Gasteiger partial charge in [-0.1, -0.05) is 0 Å². The standard InChI is InChI=1S/C21H22F2N10O3/c22-12-8-11(19(35)29-14(18(24)34)2-1-5-28-21(25)26)16(9-13(12)23)30-20(36)15-3-4-17(32-31-15)33-7-6-27-10-33/h3-4,6-10,14H,1-2,5H2,(H2,24,34)(H,29,35)(H,30,36)(H4,25,26,28)/t14-/m0/s1. The Bertz CT molecular complexity index is 1280. The van der Waals surface area contributed by atoms with Crippen LogP contribution in [0, 0.1) is 11.6 Å². The first-order valence-electron chi connectivity index (χ1n) is 10.4. The van der Waals surface area contributed by atoms with Gasteiger partial charge in [-0.05, 0) is 31.0 Å². The number of nitrogens with zero attached hydrogens (tertiary/aromatic N) is 5. The van der Waals surface area contributed by atoms with Gasteiger partial charge in [0, 0.05) is 25.0 Å². The van der Waals surface area contributed by atoms with Crippen molar-refractivity contribution in [2.24, 2.45) is 22.2 Å². The van der Waals surface area contributed by atoms with E-state index in [2.05, 4.69) is 30.8 Å². The first-order chi connectivity index (χ1) is 17.2. The minimum atomic E-state index is -1.34. The van der Waals surface area contributed by atoms with Crippen molar-refractivity contribution in [3.05, 3.63) is 65.9 Å². The monoisotopic (exact) mass is 500 g/mol. The van der Waals surface area contributed by atoms with Gasteiger partial charge in [-0.15, -0.1) is 10.2 Å². The molecule has 0 saturated heterocycles. The van der Waals surface area contributed by atoms with E-state index in [1.54, 1.807) is 10.8 Å². The first-order valence-corrected chi connectivity index (χ1v) is 10.4. The molecule has 0 aliphatic heterocycles. The molecule has 188 valence electrons. The molecule has 3 rings (SSSR count). The quantitative estimate of drug-likeness (QED) is 0.143. The molecule has 0 fully saturated rings.